The van der Waals surface area contributed by atoms with Crippen molar-refractivity contribution >= 4 is 12.1 Å². The van der Waals surface area contributed by atoms with Crippen molar-refractivity contribution < 1.29 is 27.5 Å². The summed E-state index contributed by atoms with van der Waals surface area (Å²) >= 11 is 0. The first-order valence-corrected chi connectivity index (χ1v) is 2.95. The standard InChI is InChI=1S/C5H4F3NO3/c6-5(7,8)2-9-1-3(10)12-4(9)11/h1-2H2. The van der Waals surface area contributed by atoms with Gasteiger partial charge in [-0.05, 0) is 0 Å². The van der Waals surface area contributed by atoms with Crippen molar-refractivity contribution in [1.82, 2.24) is 4.90 Å². The van der Waals surface area contributed by atoms with Crippen LogP contribution < -0.4 is 0 Å². The zero-order valence-corrected chi connectivity index (χ0v) is 5.72. The minimum Gasteiger partial charge on any atom is -0.375 e. The highest BCUT2D eigenvalue weighted by Crippen LogP contribution is 2.18. The van der Waals surface area contributed by atoms with E-state index < -0.39 is 31.3 Å². The number of amides is 1. The molecule has 0 unspecified atom stereocenters. The maximum absolute atomic E-state index is 11.6. The Labute approximate surface area is 64.9 Å². The summed E-state index contributed by atoms with van der Waals surface area (Å²) in [6.07, 6.45) is -5.73. The lowest BCUT2D eigenvalue weighted by Crippen LogP contribution is -2.34. The fourth-order valence-corrected chi connectivity index (χ4v) is 0.751. The third kappa shape index (κ3) is 2.11. The highest BCUT2D eigenvalue weighted by Gasteiger charge is 2.39. The summed E-state index contributed by atoms with van der Waals surface area (Å²) in [4.78, 5) is 21.0. The average molecular weight is 183 g/mol. The molecular weight excluding hydrogens is 179 g/mol. The Morgan fingerprint density at radius 1 is 1.42 bits per heavy atom. The number of ether oxygens (including phenoxy) is 1. The zero-order chi connectivity index (χ0) is 9.35. The maximum Gasteiger partial charge on any atom is 0.418 e. The van der Waals surface area contributed by atoms with Gasteiger partial charge in [0.15, 0.2) is 0 Å². The van der Waals surface area contributed by atoms with Crippen LogP contribution in [0.2, 0.25) is 0 Å². The van der Waals surface area contributed by atoms with Crippen molar-refractivity contribution in [2.24, 2.45) is 0 Å². The largest absolute Gasteiger partial charge is 0.418 e. The van der Waals surface area contributed by atoms with Crippen LogP contribution in [-0.4, -0.2) is 36.2 Å². The van der Waals surface area contributed by atoms with Crippen LogP contribution in [0, 0.1) is 0 Å². The summed E-state index contributed by atoms with van der Waals surface area (Å²) in [5.41, 5.74) is 0. The Bertz CT molecular complexity index is 224. The van der Waals surface area contributed by atoms with Gasteiger partial charge in [-0.1, -0.05) is 0 Å². The summed E-state index contributed by atoms with van der Waals surface area (Å²) in [6, 6.07) is 0. The lowest BCUT2D eigenvalue weighted by atomic mass is 10.5. The Balaban J connectivity index is 2.54. The number of halogens is 3. The van der Waals surface area contributed by atoms with E-state index in [0.29, 0.717) is 4.90 Å². The van der Waals surface area contributed by atoms with E-state index in [0.717, 1.165) is 0 Å². The van der Waals surface area contributed by atoms with Crippen LogP contribution in [-0.2, 0) is 9.53 Å². The number of rotatable bonds is 1. The van der Waals surface area contributed by atoms with E-state index in [1.54, 1.807) is 0 Å². The third-order valence-corrected chi connectivity index (χ3v) is 1.15. The molecule has 0 aromatic carbocycles. The predicted molar refractivity (Wildman–Crippen MR) is 29.1 cm³/mol. The number of carbonyl (C=O) groups is 2. The van der Waals surface area contributed by atoms with E-state index in [-0.39, 0.29) is 0 Å². The van der Waals surface area contributed by atoms with Crippen LogP contribution in [0.15, 0.2) is 0 Å². The summed E-state index contributed by atoms with van der Waals surface area (Å²) in [7, 11) is 0. The van der Waals surface area contributed by atoms with Gasteiger partial charge in [0.25, 0.3) is 0 Å². The van der Waals surface area contributed by atoms with Crippen molar-refractivity contribution in [2.75, 3.05) is 13.1 Å². The molecule has 1 saturated heterocycles. The molecule has 68 valence electrons. The summed E-state index contributed by atoms with van der Waals surface area (Å²) in [5, 5.41) is 0. The Kier molecular flexibility index (Phi) is 1.95. The van der Waals surface area contributed by atoms with E-state index in [1.165, 1.54) is 0 Å². The van der Waals surface area contributed by atoms with E-state index in [9.17, 15) is 22.8 Å². The van der Waals surface area contributed by atoms with Gasteiger partial charge in [-0.2, -0.15) is 13.2 Å². The van der Waals surface area contributed by atoms with Gasteiger partial charge in [-0.25, -0.2) is 9.59 Å². The van der Waals surface area contributed by atoms with Gasteiger partial charge in [-0.15, -0.1) is 0 Å². The summed E-state index contributed by atoms with van der Waals surface area (Å²) in [5.74, 6) is -0.954. The average Bonchev–Trinajstić information content (AvgIpc) is 2.06. The van der Waals surface area contributed by atoms with Gasteiger partial charge in [0.2, 0.25) is 0 Å². The normalized spacial score (nSPS) is 18.4. The van der Waals surface area contributed by atoms with Gasteiger partial charge in [0.05, 0.1) is 0 Å². The smallest absolute Gasteiger partial charge is 0.375 e. The number of esters is 1. The van der Waals surface area contributed by atoms with Crippen LogP contribution in [0.1, 0.15) is 0 Å². The molecule has 4 nitrogen and oxygen atoms in total. The molecule has 1 aliphatic rings. The van der Waals surface area contributed by atoms with Crippen LogP contribution in [0.3, 0.4) is 0 Å². The quantitative estimate of drug-likeness (QED) is 0.440. The third-order valence-electron chi connectivity index (χ3n) is 1.15. The van der Waals surface area contributed by atoms with E-state index in [1.807, 2.05) is 0 Å². The first kappa shape index (κ1) is 8.82. The molecule has 7 heteroatoms. The second-order valence-corrected chi connectivity index (χ2v) is 2.21. The van der Waals surface area contributed by atoms with Crippen LogP contribution in [0.4, 0.5) is 18.0 Å². The number of nitrogens with zero attached hydrogens (tertiary/aromatic N) is 1. The molecule has 0 saturated carbocycles. The number of carbonyl (C=O) groups excluding carboxylic acids is 2. The van der Waals surface area contributed by atoms with Crippen LogP contribution in [0.25, 0.3) is 0 Å². The highest BCUT2D eigenvalue weighted by molar-refractivity contribution is 5.92. The summed E-state index contributed by atoms with van der Waals surface area (Å²) < 4.78 is 38.8. The predicted octanol–water partition coefficient (Wildman–Crippen LogP) is 0.528. The van der Waals surface area contributed by atoms with Crippen molar-refractivity contribution in [3.63, 3.8) is 0 Å². The van der Waals surface area contributed by atoms with Gasteiger partial charge < -0.3 is 4.74 Å². The lowest BCUT2D eigenvalue weighted by molar-refractivity contribution is -0.139. The molecule has 12 heavy (non-hydrogen) atoms. The van der Waals surface area contributed by atoms with E-state index >= 15 is 0 Å². The van der Waals surface area contributed by atoms with Gasteiger partial charge in [0.1, 0.15) is 13.1 Å². The second kappa shape index (κ2) is 2.65. The van der Waals surface area contributed by atoms with Crippen molar-refractivity contribution in [3.05, 3.63) is 0 Å². The molecule has 0 spiro atoms. The minimum atomic E-state index is -4.50. The monoisotopic (exact) mass is 183 g/mol. The molecule has 1 amide bonds. The minimum absolute atomic E-state index is 0.294. The van der Waals surface area contributed by atoms with E-state index in [2.05, 4.69) is 4.74 Å². The van der Waals surface area contributed by atoms with Crippen LogP contribution in [0.5, 0.6) is 0 Å². The SMILES string of the molecule is O=C1CN(CC(F)(F)F)C(=O)O1. The van der Waals surface area contributed by atoms with Crippen molar-refractivity contribution in [3.8, 4) is 0 Å². The lowest BCUT2D eigenvalue weighted by Gasteiger charge is -2.13. The zero-order valence-electron chi connectivity index (χ0n) is 5.72. The van der Waals surface area contributed by atoms with Crippen molar-refractivity contribution in [1.29, 1.82) is 0 Å². The van der Waals surface area contributed by atoms with E-state index in [4.69, 9.17) is 0 Å². The number of cyclic esters (lactones) is 2. The van der Waals surface area contributed by atoms with Crippen LogP contribution >= 0.6 is 0 Å². The number of hydrogen-bond acceptors (Lipinski definition) is 3. The molecule has 0 bridgehead atoms. The molecule has 0 radical (unpaired) electrons. The molecule has 1 aliphatic heterocycles. The molecule has 1 heterocycles. The summed E-state index contributed by atoms with van der Waals surface area (Å²) in [6.45, 7) is -2.07. The van der Waals surface area contributed by atoms with Crippen molar-refractivity contribution in [2.45, 2.75) is 6.18 Å². The molecule has 1 rings (SSSR count). The first-order valence-electron chi connectivity index (χ1n) is 2.95. The molecule has 0 aromatic rings. The highest BCUT2D eigenvalue weighted by atomic mass is 19.4. The number of hydrogen-bond donors (Lipinski definition) is 0. The first-order chi connectivity index (χ1) is 5.38. The molecule has 0 atom stereocenters. The molecule has 0 N–H and O–H groups in total. The molecule has 0 aliphatic carbocycles. The van der Waals surface area contributed by atoms with Gasteiger partial charge in [-0.3, -0.25) is 4.90 Å². The Morgan fingerprint density at radius 2 is 2.00 bits per heavy atom. The molecular formula is C5H4F3NO3. The maximum atomic E-state index is 11.6. The van der Waals surface area contributed by atoms with Gasteiger partial charge >= 0.3 is 18.2 Å². The van der Waals surface area contributed by atoms with Gasteiger partial charge in [0, 0.05) is 0 Å². The topological polar surface area (TPSA) is 46.6 Å². The molecule has 0 aromatic heterocycles. The fourth-order valence-electron chi connectivity index (χ4n) is 0.751. The Hall–Kier alpha value is -1.27. The second-order valence-electron chi connectivity index (χ2n) is 2.21. The Morgan fingerprint density at radius 3 is 2.33 bits per heavy atom. The fraction of sp³-hybridized carbons (Fsp3) is 0.600. The molecule has 1 fully saturated rings. The number of alkyl halides is 3.